The number of carbonyl (C=O) groups excluding carboxylic acids is 1. The molecule has 20 heavy (non-hydrogen) atoms. The fourth-order valence-corrected chi connectivity index (χ4v) is 1.79. The maximum absolute atomic E-state index is 11.4. The molecule has 6 nitrogen and oxygen atoms in total. The molecule has 0 radical (unpaired) electrons. The minimum atomic E-state index is -0.235. The van der Waals surface area contributed by atoms with Crippen LogP contribution >= 0.6 is 23.2 Å². The Bertz CT molecular complexity index is 432. The Labute approximate surface area is 128 Å². The smallest absolute Gasteiger partial charge is 0.314 e. The SMILES string of the molecule is CCOCCNC(=O)NCCNc1ncc(Cl)cc1Cl. The molecule has 8 heteroatoms. The number of aromatic nitrogens is 1. The van der Waals surface area contributed by atoms with Crippen LogP contribution < -0.4 is 16.0 Å². The number of nitrogens with zero attached hydrogens (tertiary/aromatic N) is 1. The lowest BCUT2D eigenvalue weighted by Gasteiger charge is -2.09. The number of pyridine rings is 1. The summed E-state index contributed by atoms with van der Waals surface area (Å²) in [4.78, 5) is 15.4. The van der Waals surface area contributed by atoms with Crippen molar-refractivity contribution in [1.29, 1.82) is 0 Å². The van der Waals surface area contributed by atoms with E-state index in [0.717, 1.165) is 0 Å². The topological polar surface area (TPSA) is 75.3 Å². The first-order valence-corrected chi connectivity index (χ1v) is 7.03. The van der Waals surface area contributed by atoms with Gasteiger partial charge in [-0.3, -0.25) is 0 Å². The van der Waals surface area contributed by atoms with E-state index in [4.69, 9.17) is 27.9 Å². The van der Waals surface area contributed by atoms with E-state index in [0.29, 0.717) is 48.7 Å². The monoisotopic (exact) mass is 320 g/mol. The van der Waals surface area contributed by atoms with Crippen molar-refractivity contribution in [3.63, 3.8) is 0 Å². The highest BCUT2D eigenvalue weighted by molar-refractivity contribution is 6.35. The fourth-order valence-electron chi connectivity index (χ4n) is 1.35. The molecule has 0 aromatic carbocycles. The Balaban J connectivity index is 2.13. The van der Waals surface area contributed by atoms with Gasteiger partial charge in [-0.15, -0.1) is 0 Å². The maximum atomic E-state index is 11.4. The second-order valence-corrected chi connectivity index (χ2v) is 4.63. The van der Waals surface area contributed by atoms with Gasteiger partial charge in [0, 0.05) is 32.4 Å². The number of hydrogen-bond donors (Lipinski definition) is 3. The van der Waals surface area contributed by atoms with E-state index >= 15 is 0 Å². The van der Waals surface area contributed by atoms with Crippen molar-refractivity contribution in [3.8, 4) is 0 Å². The molecule has 1 rings (SSSR count). The van der Waals surface area contributed by atoms with Crippen LogP contribution in [-0.4, -0.2) is 43.9 Å². The largest absolute Gasteiger partial charge is 0.380 e. The molecule has 0 unspecified atom stereocenters. The molecule has 0 saturated carbocycles. The summed E-state index contributed by atoms with van der Waals surface area (Å²) in [5.41, 5.74) is 0. The molecule has 0 bridgehead atoms. The van der Waals surface area contributed by atoms with Crippen molar-refractivity contribution >= 4 is 35.1 Å². The molecule has 0 saturated heterocycles. The summed E-state index contributed by atoms with van der Waals surface area (Å²) in [7, 11) is 0. The van der Waals surface area contributed by atoms with Crippen LogP contribution in [0.1, 0.15) is 6.92 Å². The third kappa shape index (κ3) is 6.79. The second kappa shape index (κ2) is 9.63. The third-order valence-corrected chi connectivity index (χ3v) is 2.74. The van der Waals surface area contributed by atoms with Crippen molar-refractivity contribution in [2.75, 3.05) is 38.2 Å². The normalized spacial score (nSPS) is 10.2. The average molecular weight is 321 g/mol. The predicted octanol–water partition coefficient (Wildman–Crippen LogP) is 2.14. The maximum Gasteiger partial charge on any atom is 0.314 e. The van der Waals surface area contributed by atoms with Crippen molar-refractivity contribution in [2.45, 2.75) is 6.92 Å². The number of amides is 2. The van der Waals surface area contributed by atoms with Gasteiger partial charge in [-0.25, -0.2) is 9.78 Å². The van der Waals surface area contributed by atoms with E-state index in [-0.39, 0.29) is 6.03 Å². The number of halogens is 2. The lowest BCUT2D eigenvalue weighted by molar-refractivity contribution is 0.149. The zero-order valence-electron chi connectivity index (χ0n) is 11.2. The van der Waals surface area contributed by atoms with Gasteiger partial charge in [-0.05, 0) is 13.0 Å². The van der Waals surface area contributed by atoms with Gasteiger partial charge in [0.2, 0.25) is 0 Å². The van der Waals surface area contributed by atoms with Crippen LogP contribution in [-0.2, 0) is 4.74 Å². The van der Waals surface area contributed by atoms with Crippen molar-refractivity contribution in [1.82, 2.24) is 15.6 Å². The number of nitrogens with one attached hydrogen (secondary N) is 3. The molecule has 0 aliphatic heterocycles. The van der Waals surface area contributed by atoms with Crippen LogP contribution in [0.25, 0.3) is 0 Å². The van der Waals surface area contributed by atoms with Gasteiger partial charge < -0.3 is 20.7 Å². The summed E-state index contributed by atoms with van der Waals surface area (Å²) >= 11 is 11.7. The minimum absolute atomic E-state index is 0.235. The van der Waals surface area contributed by atoms with Gasteiger partial charge in [0.1, 0.15) is 5.82 Å². The molecule has 112 valence electrons. The number of hydrogen-bond acceptors (Lipinski definition) is 4. The van der Waals surface area contributed by atoms with E-state index in [1.807, 2.05) is 6.92 Å². The van der Waals surface area contributed by atoms with Gasteiger partial charge in [-0.1, -0.05) is 23.2 Å². The highest BCUT2D eigenvalue weighted by Gasteiger charge is 2.02. The fraction of sp³-hybridized carbons (Fsp3) is 0.500. The van der Waals surface area contributed by atoms with Crippen molar-refractivity contribution in [3.05, 3.63) is 22.3 Å². The standard InChI is InChI=1S/C12H18Cl2N4O2/c1-2-20-6-5-17-12(19)16-4-3-15-11-10(14)7-9(13)8-18-11/h7-8H,2-6H2,1H3,(H,15,18)(H2,16,17,19). The molecular weight excluding hydrogens is 303 g/mol. The molecule has 0 spiro atoms. The van der Waals surface area contributed by atoms with Crippen LogP contribution in [0.5, 0.6) is 0 Å². The lowest BCUT2D eigenvalue weighted by Crippen LogP contribution is -2.39. The van der Waals surface area contributed by atoms with E-state index in [2.05, 4.69) is 20.9 Å². The van der Waals surface area contributed by atoms with Crippen LogP contribution in [0, 0.1) is 0 Å². The van der Waals surface area contributed by atoms with E-state index in [1.54, 1.807) is 6.07 Å². The number of ether oxygens (including phenoxy) is 1. The van der Waals surface area contributed by atoms with Gasteiger partial charge in [0.25, 0.3) is 0 Å². The van der Waals surface area contributed by atoms with E-state index in [1.165, 1.54) is 6.20 Å². The van der Waals surface area contributed by atoms with Crippen molar-refractivity contribution < 1.29 is 9.53 Å². The van der Waals surface area contributed by atoms with Gasteiger partial charge in [-0.2, -0.15) is 0 Å². The Morgan fingerprint density at radius 1 is 1.30 bits per heavy atom. The van der Waals surface area contributed by atoms with E-state index in [9.17, 15) is 4.79 Å². The Hall–Kier alpha value is -1.24. The first kappa shape index (κ1) is 16.8. The van der Waals surface area contributed by atoms with E-state index < -0.39 is 0 Å². The van der Waals surface area contributed by atoms with Crippen LogP contribution in [0.2, 0.25) is 10.0 Å². The molecule has 0 aliphatic rings. The molecule has 0 atom stereocenters. The Kier molecular flexibility index (Phi) is 8.10. The number of anilines is 1. The van der Waals surface area contributed by atoms with Crippen molar-refractivity contribution in [2.24, 2.45) is 0 Å². The van der Waals surface area contributed by atoms with Gasteiger partial charge in [0.05, 0.1) is 16.7 Å². The summed E-state index contributed by atoms with van der Waals surface area (Å²) in [5, 5.41) is 9.29. The number of carbonyl (C=O) groups is 1. The van der Waals surface area contributed by atoms with Crippen LogP contribution in [0.3, 0.4) is 0 Å². The molecular formula is C12H18Cl2N4O2. The summed E-state index contributed by atoms with van der Waals surface area (Å²) < 4.78 is 5.10. The first-order chi connectivity index (χ1) is 9.63. The number of rotatable bonds is 8. The number of urea groups is 1. The molecule has 1 aromatic heterocycles. The Morgan fingerprint density at radius 2 is 2.05 bits per heavy atom. The zero-order valence-corrected chi connectivity index (χ0v) is 12.7. The van der Waals surface area contributed by atoms with Gasteiger partial charge >= 0.3 is 6.03 Å². The quantitative estimate of drug-likeness (QED) is 0.641. The highest BCUT2D eigenvalue weighted by Crippen LogP contribution is 2.21. The molecule has 0 fully saturated rings. The molecule has 0 aliphatic carbocycles. The summed E-state index contributed by atoms with van der Waals surface area (Å²) in [6.45, 7) is 4.49. The third-order valence-electron chi connectivity index (χ3n) is 2.25. The van der Waals surface area contributed by atoms with Crippen LogP contribution in [0.15, 0.2) is 12.3 Å². The summed E-state index contributed by atoms with van der Waals surface area (Å²) in [5.74, 6) is 0.537. The average Bonchev–Trinajstić information content (AvgIpc) is 2.41. The molecule has 1 heterocycles. The lowest BCUT2D eigenvalue weighted by atomic mass is 10.4. The minimum Gasteiger partial charge on any atom is -0.380 e. The Morgan fingerprint density at radius 3 is 2.75 bits per heavy atom. The molecule has 1 aromatic rings. The van der Waals surface area contributed by atoms with Crippen LogP contribution in [0.4, 0.5) is 10.6 Å². The summed E-state index contributed by atoms with van der Waals surface area (Å²) in [6.07, 6.45) is 1.50. The summed E-state index contributed by atoms with van der Waals surface area (Å²) in [6, 6.07) is 1.37. The highest BCUT2D eigenvalue weighted by atomic mass is 35.5. The molecule has 2 amide bonds. The zero-order chi connectivity index (χ0) is 14.8. The molecule has 3 N–H and O–H groups in total. The predicted molar refractivity (Wildman–Crippen MR) is 80.6 cm³/mol. The van der Waals surface area contributed by atoms with Gasteiger partial charge in [0.15, 0.2) is 0 Å². The second-order valence-electron chi connectivity index (χ2n) is 3.79. The first-order valence-electron chi connectivity index (χ1n) is 6.28.